The minimum atomic E-state index is 0.282. The number of aromatic nitrogens is 2. The van der Waals surface area contributed by atoms with E-state index in [1.165, 1.54) is 5.56 Å². The van der Waals surface area contributed by atoms with Gasteiger partial charge in [0.15, 0.2) is 0 Å². The Morgan fingerprint density at radius 3 is 2.43 bits per heavy atom. The number of aryl methyl sites for hydroxylation is 1. The number of ether oxygens (including phenoxy) is 1. The highest BCUT2D eigenvalue weighted by molar-refractivity contribution is 5.46. The van der Waals surface area contributed by atoms with Gasteiger partial charge >= 0.3 is 0 Å². The summed E-state index contributed by atoms with van der Waals surface area (Å²) in [5, 5.41) is 3.42. The molecule has 3 aromatic rings. The number of anilines is 2. The number of methoxy groups -OCH3 is 1. The van der Waals surface area contributed by atoms with Crippen LogP contribution in [0.1, 0.15) is 30.7 Å². The highest BCUT2D eigenvalue weighted by atomic mass is 16.5. The Bertz CT molecular complexity index is 896. The quantitative estimate of drug-likeness (QED) is 0.611. The summed E-state index contributed by atoms with van der Waals surface area (Å²) < 4.78 is 5.44. The van der Waals surface area contributed by atoms with Gasteiger partial charge in [-0.1, -0.05) is 48.5 Å². The van der Waals surface area contributed by atoms with Crippen molar-refractivity contribution in [2.45, 2.75) is 39.9 Å². The van der Waals surface area contributed by atoms with E-state index in [9.17, 15) is 0 Å². The van der Waals surface area contributed by atoms with E-state index in [-0.39, 0.29) is 6.04 Å². The van der Waals surface area contributed by atoms with Crippen LogP contribution < -0.4 is 15.0 Å². The first kappa shape index (κ1) is 19.7. The maximum absolute atomic E-state index is 5.44. The lowest BCUT2D eigenvalue weighted by Crippen LogP contribution is -2.32. The number of benzene rings is 2. The Kier molecular flexibility index (Phi) is 6.48. The molecule has 146 valence electrons. The Morgan fingerprint density at radius 2 is 1.71 bits per heavy atom. The molecule has 0 aliphatic heterocycles. The van der Waals surface area contributed by atoms with E-state index in [2.05, 4.69) is 54.4 Å². The second-order valence-corrected chi connectivity index (χ2v) is 7.07. The van der Waals surface area contributed by atoms with Gasteiger partial charge in [-0.2, -0.15) is 4.98 Å². The smallest absolute Gasteiger partial charge is 0.228 e. The first-order valence-electron chi connectivity index (χ1n) is 9.59. The summed E-state index contributed by atoms with van der Waals surface area (Å²) in [4.78, 5) is 11.7. The van der Waals surface area contributed by atoms with Crippen LogP contribution in [0.5, 0.6) is 5.75 Å². The first-order valence-corrected chi connectivity index (χ1v) is 9.59. The maximum atomic E-state index is 5.44. The second-order valence-electron chi connectivity index (χ2n) is 7.07. The molecule has 28 heavy (non-hydrogen) atoms. The van der Waals surface area contributed by atoms with Crippen molar-refractivity contribution in [1.29, 1.82) is 0 Å². The minimum Gasteiger partial charge on any atom is -0.496 e. The normalized spacial score (nSPS) is 10.8. The molecule has 0 bridgehead atoms. The molecule has 0 radical (unpaired) electrons. The predicted molar refractivity (Wildman–Crippen MR) is 115 cm³/mol. The zero-order valence-electron chi connectivity index (χ0n) is 17.0. The number of nitrogens with one attached hydrogen (secondary N) is 1. The molecular weight excluding hydrogens is 348 g/mol. The number of nitrogens with zero attached hydrogens (tertiary/aromatic N) is 3. The van der Waals surface area contributed by atoms with Crippen LogP contribution in [0.3, 0.4) is 0 Å². The van der Waals surface area contributed by atoms with E-state index in [4.69, 9.17) is 14.7 Å². The number of hydrogen-bond donors (Lipinski definition) is 1. The largest absolute Gasteiger partial charge is 0.496 e. The molecule has 3 rings (SSSR count). The molecule has 0 unspecified atom stereocenters. The van der Waals surface area contributed by atoms with E-state index in [0.717, 1.165) is 35.3 Å². The van der Waals surface area contributed by atoms with Crippen LogP contribution in [-0.2, 0) is 13.1 Å². The topological polar surface area (TPSA) is 50.3 Å². The van der Waals surface area contributed by atoms with Gasteiger partial charge in [0.2, 0.25) is 5.95 Å². The second kappa shape index (κ2) is 9.22. The fourth-order valence-electron chi connectivity index (χ4n) is 3.07. The maximum Gasteiger partial charge on any atom is 0.228 e. The zero-order chi connectivity index (χ0) is 19.9. The molecule has 0 fully saturated rings. The summed E-state index contributed by atoms with van der Waals surface area (Å²) in [7, 11) is 1.69. The number of rotatable bonds is 8. The average Bonchev–Trinajstić information content (AvgIpc) is 2.71. The van der Waals surface area contributed by atoms with Gasteiger partial charge in [0.25, 0.3) is 0 Å². The fourth-order valence-corrected chi connectivity index (χ4v) is 3.07. The molecule has 0 aliphatic rings. The van der Waals surface area contributed by atoms with Gasteiger partial charge in [-0.05, 0) is 32.4 Å². The van der Waals surface area contributed by atoms with Crippen molar-refractivity contribution in [3.05, 3.63) is 77.5 Å². The highest BCUT2D eigenvalue weighted by Crippen LogP contribution is 2.21. The van der Waals surface area contributed by atoms with Crippen molar-refractivity contribution < 1.29 is 4.74 Å². The summed E-state index contributed by atoms with van der Waals surface area (Å²) >= 11 is 0. The third-order valence-electron chi connectivity index (χ3n) is 4.57. The molecular formula is C23H28N4O. The van der Waals surface area contributed by atoms with Crippen LogP contribution in [0.2, 0.25) is 0 Å². The Morgan fingerprint density at radius 1 is 1.00 bits per heavy atom. The number of para-hydroxylation sites is 1. The van der Waals surface area contributed by atoms with Crippen molar-refractivity contribution in [3.8, 4) is 5.75 Å². The molecule has 5 heteroatoms. The Balaban J connectivity index is 1.81. The van der Waals surface area contributed by atoms with Gasteiger partial charge in [-0.3, -0.25) is 0 Å². The fraction of sp³-hybridized carbons (Fsp3) is 0.304. The molecule has 5 nitrogen and oxygen atoms in total. The highest BCUT2D eigenvalue weighted by Gasteiger charge is 2.16. The van der Waals surface area contributed by atoms with Crippen LogP contribution >= 0.6 is 0 Å². The molecule has 0 amide bonds. The Hall–Kier alpha value is -3.08. The van der Waals surface area contributed by atoms with E-state index >= 15 is 0 Å². The zero-order valence-corrected chi connectivity index (χ0v) is 17.0. The molecule has 2 aromatic carbocycles. The molecule has 0 aliphatic carbocycles. The Labute approximate surface area is 167 Å². The lowest BCUT2D eigenvalue weighted by Gasteiger charge is -2.27. The molecule has 0 saturated carbocycles. The van der Waals surface area contributed by atoms with Crippen LogP contribution in [0.4, 0.5) is 11.8 Å². The number of hydrogen-bond acceptors (Lipinski definition) is 5. The molecule has 1 heterocycles. The first-order chi connectivity index (χ1) is 13.6. The van der Waals surface area contributed by atoms with Gasteiger partial charge < -0.3 is 15.0 Å². The van der Waals surface area contributed by atoms with Gasteiger partial charge in [0.05, 0.1) is 7.11 Å². The van der Waals surface area contributed by atoms with E-state index in [1.807, 2.05) is 37.3 Å². The molecule has 0 saturated heterocycles. The minimum absolute atomic E-state index is 0.282. The van der Waals surface area contributed by atoms with Gasteiger partial charge in [-0.25, -0.2) is 4.98 Å². The summed E-state index contributed by atoms with van der Waals surface area (Å²) in [6, 6.07) is 20.7. The van der Waals surface area contributed by atoms with Gasteiger partial charge in [-0.15, -0.1) is 0 Å². The van der Waals surface area contributed by atoms with Crippen molar-refractivity contribution >= 4 is 11.8 Å². The molecule has 1 N–H and O–H groups in total. The van der Waals surface area contributed by atoms with Crippen LogP contribution in [0.15, 0.2) is 60.7 Å². The van der Waals surface area contributed by atoms with Crippen molar-refractivity contribution in [2.75, 3.05) is 17.3 Å². The van der Waals surface area contributed by atoms with E-state index in [0.29, 0.717) is 6.54 Å². The van der Waals surface area contributed by atoms with Gasteiger partial charge in [0.1, 0.15) is 11.6 Å². The summed E-state index contributed by atoms with van der Waals surface area (Å²) in [6.45, 7) is 7.74. The third kappa shape index (κ3) is 5.00. The lowest BCUT2D eigenvalue weighted by molar-refractivity contribution is 0.410. The van der Waals surface area contributed by atoms with Crippen LogP contribution in [-0.4, -0.2) is 23.1 Å². The monoisotopic (exact) mass is 376 g/mol. The van der Waals surface area contributed by atoms with Crippen LogP contribution in [0, 0.1) is 6.92 Å². The van der Waals surface area contributed by atoms with E-state index < -0.39 is 0 Å². The van der Waals surface area contributed by atoms with Crippen LogP contribution in [0.25, 0.3) is 0 Å². The standard InChI is InChI=1S/C23H28N4O/c1-17(2)27(16-19-10-6-5-7-11-19)23-25-18(3)14-22(26-23)24-15-20-12-8-9-13-21(20)28-4/h5-14,17H,15-16H2,1-4H3,(H,24,25,26). The van der Waals surface area contributed by atoms with E-state index in [1.54, 1.807) is 7.11 Å². The lowest BCUT2D eigenvalue weighted by atomic mass is 10.2. The van der Waals surface area contributed by atoms with Gasteiger partial charge in [0, 0.05) is 36.5 Å². The summed E-state index contributed by atoms with van der Waals surface area (Å²) in [6.07, 6.45) is 0. The van der Waals surface area contributed by atoms with Crippen molar-refractivity contribution in [2.24, 2.45) is 0 Å². The van der Waals surface area contributed by atoms with Crippen molar-refractivity contribution in [3.63, 3.8) is 0 Å². The third-order valence-corrected chi connectivity index (χ3v) is 4.57. The van der Waals surface area contributed by atoms with Crippen molar-refractivity contribution in [1.82, 2.24) is 9.97 Å². The molecule has 0 atom stereocenters. The molecule has 1 aromatic heterocycles. The summed E-state index contributed by atoms with van der Waals surface area (Å²) in [5.41, 5.74) is 3.27. The SMILES string of the molecule is COc1ccccc1CNc1cc(C)nc(N(Cc2ccccc2)C(C)C)n1. The summed E-state index contributed by atoms with van der Waals surface area (Å²) in [5.74, 6) is 2.42. The average molecular weight is 377 g/mol. The molecule has 0 spiro atoms. The predicted octanol–water partition coefficient (Wildman–Crippen LogP) is 4.82.